The van der Waals surface area contributed by atoms with Crippen LogP contribution in [0.2, 0.25) is 0 Å². The van der Waals surface area contributed by atoms with Crippen LogP contribution in [0.25, 0.3) is 0 Å². The molecule has 0 spiro atoms. The molecule has 1 aromatic rings. The van der Waals surface area contributed by atoms with Gasteiger partial charge in [0, 0.05) is 11.1 Å². The molecule has 0 aliphatic heterocycles. The number of carbonyl (C=O) groups is 1. The summed E-state index contributed by atoms with van der Waals surface area (Å²) >= 11 is 6.39. The normalized spacial score (nSPS) is 12.4. The quantitative estimate of drug-likeness (QED) is 0.781. The molecule has 1 unspecified atom stereocenters. The third-order valence-electron chi connectivity index (χ3n) is 2.18. The summed E-state index contributed by atoms with van der Waals surface area (Å²) < 4.78 is 0. The summed E-state index contributed by atoms with van der Waals surface area (Å²) in [5, 5.41) is 2.81. The molecule has 1 heterocycles. The van der Waals surface area contributed by atoms with Gasteiger partial charge < -0.3 is 11.1 Å². The minimum atomic E-state index is -0.400. The Morgan fingerprint density at radius 1 is 1.69 bits per heavy atom. The van der Waals surface area contributed by atoms with E-state index in [-0.39, 0.29) is 16.8 Å². The zero-order chi connectivity index (χ0) is 12.1. The Morgan fingerprint density at radius 3 is 2.81 bits per heavy atom. The topological polar surface area (TPSA) is 68.0 Å². The van der Waals surface area contributed by atoms with Gasteiger partial charge in [-0.15, -0.1) is 11.3 Å². The molecule has 1 aromatic heterocycles. The number of hydrogen-bond donors (Lipinski definition) is 2. The van der Waals surface area contributed by atoms with Gasteiger partial charge in [0.05, 0.1) is 23.0 Å². The Bertz CT molecular complexity index is 362. The Labute approximate surface area is 104 Å². The minimum Gasteiger partial charge on any atom is -0.393 e. The highest BCUT2D eigenvalue weighted by atomic mass is 32.1. The van der Waals surface area contributed by atoms with E-state index in [1.54, 1.807) is 11.7 Å². The fourth-order valence-corrected chi connectivity index (χ4v) is 2.29. The van der Waals surface area contributed by atoms with Gasteiger partial charge in [0.15, 0.2) is 0 Å². The number of amides is 1. The van der Waals surface area contributed by atoms with Crippen LogP contribution in [0.3, 0.4) is 0 Å². The number of thiocarbonyl (C=S) groups is 1. The third-order valence-corrected chi connectivity index (χ3v) is 3.21. The summed E-state index contributed by atoms with van der Waals surface area (Å²) in [6.45, 7) is 4.33. The van der Waals surface area contributed by atoms with Crippen molar-refractivity contribution >= 4 is 34.5 Å². The second-order valence-electron chi connectivity index (χ2n) is 3.81. The Hall–Kier alpha value is -1.01. The van der Waals surface area contributed by atoms with Crippen molar-refractivity contribution in [2.45, 2.75) is 20.4 Å². The summed E-state index contributed by atoms with van der Waals surface area (Å²) in [6, 6.07) is 0. The van der Waals surface area contributed by atoms with Gasteiger partial charge in [0.25, 0.3) is 0 Å². The predicted octanol–water partition coefficient (Wildman–Crippen LogP) is 1.32. The lowest BCUT2D eigenvalue weighted by molar-refractivity contribution is -0.124. The number of aromatic nitrogens is 1. The summed E-state index contributed by atoms with van der Waals surface area (Å²) in [7, 11) is 0. The molecule has 6 heteroatoms. The smallest absolute Gasteiger partial charge is 0.230 e. The SMILES string of the molecule is CC(C)C(C(=O)NCc1cncs1)C(N)=S. The van der Waals surface area contributed by atoms with Gasteiger partial charge in [-0.3, -0.25) is 9.78 Å². The fourth-order valence-electron chi connectivity index (χ4n) is 1.37. The molecule has 0 fully saturated rings. The average molecular weight is 257 g/mol. The number of hydrogen-bond acceptors (Lipinski definition) is 4. The first-order valence-electron chi connectivity index (χ1n) is 4.96. The fraction of sp³-hybridized carbons (Fsp3) is 0.500. The van der Waals surface area contributed by atoms with E-state index in [0.29, 0.717) is 6.54 Å². The molecule has 1 atom stereocenters. The van der Waals surface area contributed by atoms with Gasteiger partial charge in [-0.1, -0.05) is 26.1 Å². The van der Waals surface area contributed by atoms with Crippen molar-refractivity contribution in [2.24, 2.45) is 17.6 Å². The molecule has 0 aromatic carbocycles. The van der Waals surface area contributed by atoms with Crippen LogP contribution in [-0.2, 0) is 11.3 Å². The maximum absolute atomic E-state index is 11.8. The van der Waals surface area contributed by atoms with Crippen LogP contribution in [0.5, 0.6) is 0 Å². The number of carbonyl (C=O) groups excluding carboxylic acids is 1. The van der Waals surface area contributed by atoms with Crippen molar-refractivity contribution in [3.63, 3.8) is 0 Å². The molecule has 1 amide bonds. The lowest BCUT2D eigenvalue weighted by atomic mass is 9.95. The van der Waals surface area contributed by atoms with Crippen molar-refractivity contribution in [1.82, 2.24) is 10.3 Å². The van der Waals surface area contributed by atoms with Crippen molar-refractivity contribution in [1.29, 1.82) is 0 Å². The Kier molecular flexibility index (Phi) is 4.82. The highest BCUT2D eigenvalue weighted by molar-refractivity contribution is 7.80. The van der Waals surface area contributed by atoms with E-state index < -0.39 is 5.92 Å². The van der Waals surface area contributed by atoms with Crippen LogP contribution < -0.4 is 11.1 Å². The monoisotopic (exact) mass is 257 g/mol. The van der Waals surface area contributed by atoms with E-state index in [4.69, 9.17) is 18.0 Å². The number of rotatable bonds is 5. The molecule has 16 heavy (non-hydrogen) atoms. The summed E-state index contributed by atoms with van der Waals surface area (Å²) in [5.74, 6) is -0.405. The highest BCUT2D eigenvalue weighted by Crippen LogP contribution is 2.12. The Morgan fingerprint density at radius 2 is 2.38 bits per heavy atom. The summed E-state index contributed by atoms with van der Waals surface area (Å²) in [6.07, 6.45) is 1.73. The van der Waals surface area contributed by atoms with Crippen LogP contribution in [0, 0.1) is 11.8 Å². The number of nitrogens with two attached hydrogens (primary N) is 1. The van der Waals surface area contributed by atoms with Crippen molar-refractivity contribution < 1.29 is 4.79 Å². The van der Waals surface area contributed by atoms with Crippen molar-refractivity contribution in [3.05, 3.63) is 16.6 Å². The maximum atomic E-state index is 11.8. The van der Waals surface area contributed by atoms with Crippen LogP contribution in [0.15, 0.2) is 11.7 Å². The molecule has 0 aliphatic carbocycles. The number of nitrogens with zero attached hydrogens (tertiary/aromatic N) is 1. The number of nitrogens with one attached hydrogen (secondary N) is 1. The third kappa shape index (κ3) is 3.53. The minimum absolute atomic E-state index is 0.110. The average Bonchev–Trinajstić information content (AvgIpc) is 2.65. The molecule has 0 saturated carbocycles. The predicted molar refractivity (Wildman–Crippen MR) is 69.1 cm³/mol. The van der Waals surface area contributed by atoms with Crippen LogP contribution in [0.4, 0.5) is 0 Å². The first-order chi connectivity index (χ1) is 7.52. The maximum Gasteiger partial charge on any atom is 0.230 e. The van der Waals surface area contributed by atoms with Gasteiger partial charge >= 0.3 is 0 Å². The Balaban J connectivity index is 2.53. The molecule has 1 rings (SSSR count). The van der Waals surface area contributed by atoms with Crippen LogP contribution >= 0.6 is 23.6 Å². The molecule has 3 N–H and O–H groups in total. The van der Waals surface area contributed by atoms with E-state index >= 15 is 0 Å². The lowest BCUT2D eigenvalue weighted by Crippen LogP contribution is -2.40. The molecule has 0 bridgehead atoms. The molecular weight excluding hydrogens is 242 g/mol. The van der Waals surface area contributed by atoms with Crippen LogP contribution in [-0.4, -0.2) is 15.9 Å². The zero-order valence-electron chi connectivity index (χ0n) is 9.27. The number of thiazole rings is 1. The lowest BCUT2D eigenvalue weighted by Gasteiger charge is -2.18. The molecule has 0 saturated heterocycles. The standard InChI is InChI=1S/C10H15N3OS2/c1-6(2)8(9(11)15)10(14)13-4-7-3-12-5-16-7/h3,5-6,8H,4H2,1-2H3,(H2,11,15)(H,13,14). The van der Waals surface area contributed by atoms with Crippen LogP contribution in [0.1, 0.15) is 18.7 Å². The molecule has 4 nitrogen and oxygen atoms in total. The van der Waals surface area contributed by atoms with E-state index in [9.17, 15) is 4.79 Å². The van der Waals surface area contributed by atoms with Crippen molar-refractivity contribution in [2.75, 3.05) is 0 Å². The second kappa shape index (κ2) is 5.91. The van der Waals surface area contributed by atoms with Gasteiger partial charge in [-0.2, -0.15) is 0 Å². The zero-order valence-corrected chi connectivity index (χ0v) is 10.9. The van der Waals surface area contributed by atoms with E-state index in [1.807, 2.05) is 13.8 Å². The van der Waals surface area contributed by atoms with E-state index in [2.05, 4.69) is 10.3 Å². The molecule has 88 valence electrons. The van der Waals surface area contributed by atoms with Gasteiger partial charge in [0.2, 0.25) is 5.91 Å². The van der Waals surface area contributed by atoms with Gasteiger partial charge in [0.1, 0.15) is 0 Å². The highest BCUT2D eigenvalue weighted by Gasteiger charge is 2.24. The first kappa shape index (κ1) is 13.1. The van der Waals surface area contributed by atoms with Gasteiger partial charge in [-0.25, -0.2) is 0 Å². The van der Waals surface area contributed by atoms with E-state index in [0.717, 1.165) is 4.88 Å². The first-order valence-corrected chi connectivity index (χ1v) is 6.25. The summed E-state index contributed by atoms with van der Waals surface area (Å²) in [4.78, 5) is 17.0. The molecule has 0 aliphatic rings. The second-order valence-corrected chi connectivity index (χ2v) is 5.25. The molecule has 0 radical (unpaired) electrons. The summed E-state index contributed by atoms with van der Waals surface area (Å²) in [5.41, 5.74) is 7.28. The largest absolute Gasteiger partial charge is 0.393 e. The molecular formula is C10H15N3OS2. The van der Waals surface area contributed by atoms with E-state index in [1.165, 1.54) is 11.3 Å². The van der Waals surface area contributed by atoms with Crippen molar-refractivity contribution in [3.8, 4) is 0 Å². The van der Waals surface area contributed by atoms with Gasteiger partial charge in [-0.05, 0) is 5.92 Å².